The number of nitrogens with zero attached hydrogens (tertiary/aromatic N) is 1. The summed E-state index contributed by atoms with van der Waals surface area (Å²) in [7, 11) is 0. The molecule has 0 atom stereocenters. The first-order chi connectivity index (χ1) is 11.6. The van der Waals surface area contributed by atoms with Crippen molar-refractivity contribution in [1.29, 1.82) is 0 Å². The molecule has 1 aliphatic heterocycles. The van der Waals surface area contributed by atoms with Crippen LogP contribution in [-0.4, -0.2) is 25.1 Å². The van der Waals surface area contributed by atoms with Crippen LogP contribution in [0.2, 0.25) is 0 Å². The first kappa shape index (κ1) is 21.9. The Labute approximate surface area is 150 Å². The number of hydrogen-bond donors (Lipinski definition) is 3. The van der Waals surface area contributed by atoms with Crippen LogP contribution in [0.3, 0.4) is 0 Å². The van der Waals surface area contributed by atoms with Crippen LogP contribution in [0.1, 0.15) is 24.0 Å². The van der Waals surface area contributed by atoms with Crippen LogP contribution in [0, 0.1) is 0 Å². The highest BCUT2D eigenvalue weighted by molar-refractivity contribution is 6.03. The van der Waals surface area contributed by atoms with E-state index in [0.29, 0.717) is 31.3 Å². The number of amides is 2. The lowest BCUT2D eigenvalue weighted by Gasteiger charge is -2.19. The maximum Gasteiger partial charge on any atom is 0.418 e. The summed E-state index contributed by atoms with van der Waals surface area (Å²) < 4.78 is 78.0. The molecule has 1 heterocycles. The maximum absolute atomic E-state index is 13.0. The molecule has 0 spiro atoms. The Kier molecular flexibility index (Phi) is 7.13. The van der Waals surface area contributed by atoms with Gasteiger partial charge in [0.2, 0.25) is 0 Å². The fourth-order valence-corrected chi connectivity index (χ4v) is 2.19. The zero-order valence-electron chi connectivity index (χ0n) is 13.1. The Morgan fingerprint density at radius 1 is 1.00 bits per heavy atom. The molecule has 0 aliphatic carbocycles. The number of rotatable bonds is 1. The van der Waals surface area contributed by atoms with Gasteiger partial charge in [-0.15, -0.1) is 12.4 Å². The number of urea groups is 1. The fraction of sp³-hybridized carbons (Fsp3) is 0.429. The molecule has 1 aromatic carbocycles. The van der Waals surface area contributed by atoms with Crippen molar-refractivity contribution in [3.05, 3.63) is 29.3 Å². The van der Waals surface area contributed by atoms with Gasteiger partial charge in [-0.2, -0.15) is 26.3 Å². The molecule has 12 heteroatoms. The minimum atomic E-state index is -5.07. The standard InChI is InChI=1S/C14H14F6N4O.ClH/c15-13(16,17)8-4-3-5-9(14(18,19)20)10(8)23-12(25)24-11-21-6-1-2-7-22-11;/h3-5H,1-2,6-7H2,(H3,21,22,23,24,25);1H. The minimum Gasteiger partial charge on any atom is -0.356 e. The molecule has 0 fully saturated rings. The lowest BCUT2D eigenvalue weighted by molar-refractivity contribution is -0.141. The van der Waals surface area contributed by atoms with Crippen LogP contribution >= 0.6 is 12.4 Å². The van der Waals surface area contributed by atoms with Crippen LogP contribution in [0.25, 0.3) is 0 Å². The number of hydrogen-bond acceptors (Lipinski definition) is 3. The number of benzene rings is 1. The van der Waals surface area contributed by atoms with E-state index in [4.69, 9.17) is 0 Å². The molecule has 0 saturated heterocycles. The summed E-state index contributed by atoms with van der Waals surface area (Å²) in [6.07, 6.45) is -8.62. The van der Waals surface area contributed by atoms with E-state index < -0.39 is 35.2 Å². The van der Waals surface area contributed by atoms with Gasteiger partial charge in [-0.05, 0) is 25.0 Å². The minimum absolute atomic E-state index is 0. The summed E-state index contributed by atoms with van der Waals surface area (Å²) >= 11 is 0. The van der Waals surface area contributed by atoms with Gasteiger partial charge < -0.3 is 10.6 Å². The third-order valence-corrected chi connectivity index (χ3v) is 3.29. The Balaban J connectivity index is 0.00000338. The lowest BCUT2D eigenvalue weighted by Crippen LogP contribution is -2.43. The van der Waals surface area contributed by atoms with E-state index in [1.807, 2.05) is 0 Å². The highest BCUT2D eigenvalue weighted by Crippen LogP contribution is 2.42. The van der Waals surface area contributed by atoms with E-state index in [9.17, 15) is 31.1 Å². The first-order valence-electron chi connectivity index (χ1n) is 7.23. The normalized spacial score (nSPS) is 15.1. The largest absolute Gasteiger partial charge is 0.418 e. The van der Waals surface area contributed by atoms with Crippen molar-refractivity contribution in [3.8, 4) is 0 Å². The second kappa shape index (κ2) is 8.47. The maximum atomic E-state index is 13.0. The average molecular weight is 405 g/mol. The van der Waals surface area contributed by atoms with E-state index >= 15 is 0 Å². The zero-order chi connectivity index (χ0) is 18.7. The molecular weight excluding hydrogens is 390 g/mol. The SMILES string of the molecule is Cl.O=C(NC1=NCCCCN1)Nc1c(C(F)(F)F)cccc1C(F)(F)F. The second-order valence-electron chi connectivity index (χ2n) is 5.17. The lowest BCUT2D eigenvalue weighted by atomic mass is 10.1. The zero-order valence-corrected chi connectivity index (χ0v) is 13.9. The third kappa shape index (κ3) is 5.68. The van der Waals surface area contributed by atoms with Gasteiger partial charge in [-0.25, -0.2) is 4.79 Å². The predicted molar refractivity (Wildman–Crippen MR) is 85.4 cm³/mol. The van der Waals surface area contributed by atoms with E-state index in [-0.39, 0.29) is 18.4 Å². The molecule has 1 aliphatic rings. The highest BCUT2D eigenvalue weighted by Gasteiger charge is 2.41. The number of halogens is 7. The van der Waals surface area contributed by atoms with Gasteiger partial charge in [0.05, 0.1) is 16.8 Å². The summed E-state index contributed by atoms with van der Waals surface area (Å²) in [5.74, 6) is -0.00644. The first-order valence-corrected chi connectivity index (χ1v) is 7.23. The molecule has 0 bridgehead atoms. The van der Waals surface area contributed by atoms with Crippen molar-refractivity contribution in [2.24, 2.45) is 4.99 Å². The van der Waals surface area contributed by atoms with Crippen molar-refractivity contribution in [1.82, 2.24) is 10.6 Å². The molecule has 26 heavy (non-hydrogen) atoms. The van der Waals surface area contributed by atoms with Crippen molar-refractivity contribution in [2.75, 3.05) is 18.4 Å². The van der Waals surface area contributed by atoms with Gasteiger partial charge in [-0.1, -0.05) is 6.07 Å². The third-order valence-electron chi connectivity index (χ3n) is 3.29. The molecule has 5 nitrogen and oxygen atoms in total. The molecule has 2 amide bonds. The quantitative estimate of drug-likeness (QED) is 0.619. The average Bonchev–Trinajstić information content (AvgIpc) is 2.73. The summed E-state index contributed by atoms with van der Waals surface area (Å²) in [4.78, 5) is 15.8. The predicted octanol–water partition coefficient (Wildman–Crippen LogP) is 4.01. The summed E-state index contributed by atoms with van der Waals surface area (Å²) in [6, 6.07) is 0.305. The van der Waals surface area contributed by atoms with Crippen molar-refractivity contribution >= 4 is 30.1 Å². The summed E-state index contributed by atoms with van der Waals surface area (Å²) in [5, 5.41) is 6.49. The van der Waals surface area contributed by atoms with Gasteiger partial charge in [0.25, 0.3) is 0 Å². The van der Waals surface area contributed by atoms with Crippen molar-refractivity contribution in [3.63, 3.8) is 0 Å². The van der Waals surface area contributed by atoms with Gasteiger partial charge in [-0.3, -0.25) is 10.3 Å². The van der Waals surface area contributed by atoms with Crippen LogP contribution in [0.5, 0.6) is 0 Å². The number of guanidine groups is 1. The van der Waals surface area contributed by atoms with E-state index in [0.717, 1.165) is 12.8 Å². The van der Waals surface area contributed by atoms with Crippen LogP contribution < -0.4 is 16.0 Å². The molecule has 0 radical (unpaired) electrons. The Bertz CT molecular complexity index is 642. The van der Waals surface area contributed by atoms with E-state index in [1.165, 1.54) is 0 Å². The second-order valence-corrected chi connectivity index (χ2v) is 5.17. The Morgan fingerprint density at radius 3 is 2.12 bits per heavy atom. The number of aliphatic imine (C=N–C) groups is 1. The smallest absolute Gasteiger partial charge is 0.356 e. The van der Waals surface area contributed by atoms with Gasteiger partial charge in [0.1, 0.15) is 0 Å². The summed E-state index contributed by atoms with van der Waals surface area (Å²) in [6.45, 7) is 0.863. The number of anilines is 1. The highest BCUT2D eigenvalue weighted by atomic mass is 35.5. The Hall–Kier alpha value is -2.17. The Morgan fingerprint density at radius 2 is 1.58 bits per heavy atom. The number of carbonyl (C=O) groups excluding carboxylic acids is 1. The van der Waals surface area contributed by atoms with Crippen LogP contribution in [0.4, 0.5) is 36.8 Å². The van der Waals surface area contributed by atoms with E-state index in [2.05, 4.69) is 15.6 Å². The molecule has 2 rings (SSSR count). The van der Waals surface area contributed by atoms with Crippen molar-refractivity contribution < 1.29 is 31.1 Å². The van der Waals surface area contributed by atoms with E-state index in [1.54, 1.807) is 5.32 Å². The van der Waals surface area contributed by atoms with Gasteiger partial charge in [0.15, 0.2) is 5.96 Å². The molecule has 0 aromatic heterocycles. The molecular formula is C14H15ClF6N4O. The van der Waals surface area contributed by atoms with Crippen LogP contribution in [-0.2, 0) is 12.4 Å². The number of nitrogens with one attached hydrogen (secondary N) is 3. The molecule has 0 saturated carbocycles. The number of carbonyl (C=O) groups is 1. The fourth-order valence-electron chi connectivity index (χ4n) is 2.19. The molecule has 1 aromatic rings. The molecule has 146 valence electrons. The monoisotopic (exact) mass is 404 g/mol. The molecule has 3 N–H and O–H groups in total. The topological polar surface area (TPSA) is 65.5 Å². The van der Waals surface area contributed by atoms with Crippen molar-refractivity contribution in [2.45, 2.75) is 25.2 Å². The number of alkyl halides is 6. The van der Waals surface area contributed by atoms with Gasteiger partial charge in [0, 0.05) is 13.1 Å². The van der Waals surface area contributed by atoms with Gasteiger partial charge >= 0.3 is 18.4 Å². The number of para-hydroxylation sites is 1. The van der Waals surface area contributed by atoms with Crippen LogP contribution in [0.15, 0.2) is 23.2 Å². The summed E-state index contributed by atoms with van der Waals surface area (Å²) in [5.41, 5.74) is -4.53. The molecule has 0 unspecified atom stereocenters.